The highest BCUT2D eigenvalue weighted by Crippen LogP contribution is 2.27. The van der Waals surface area contributed by atoms with Gasteiger partial charge in [-0.1, -0.05) is 29.3 Å². The minimum atomic E-state index is -0.400. The van der Waals surface area contributed by atoms with E-state index >= 15 is 0 Å². The smallest absolute Gasteiger partial charge is 0.258 e. The lowest BCUT2D eigenvalue weighted by molar-refractivity contribution is 0.102. The Morgan fingerprint density at radius 2 is 1.87 bits per heavy atom. The molecular weight excluding hydrogens is 359 g/mol. The molecule has 0 spiro atoms. The van der Waals surface area contributed by atoms with Crippen LogP contribution in [-0.4, -0.2) is 15.3 Å². The molecule has 0 bridgehead atoms. The van der Waals surface area contributed by atoms with E-state index in [1.54, 1.807) is 47.9 Å². The molecule has 8 heteroatoms. The molecular formula is C15H13Cl3N4O. The molecule has 0 aliphatic rings. The predicted octanol–water partition coefficient (Wildman–Crippen LogP) is 4.21. The molecule has 2 heterocycles. The van der Waals surface area contributed by atoms with Gasteiger partial charge in [0.15, 0.2) is 5.65 Å². The van der Waals surface area contributed by atoms with Crippen LogP contribution in [0.5, 0.6) is 0 Å². The number of pyridine rings is 1. The number of anilines is 2. The van der Waals surface area contributed by atoms with Gasteiger partial charge in [-0.2, -0.15) is 0 Å². The lowest BCUT2D eigenvalue weighted by atomic mass is 10.2. The molecule has 0 fully saturated rings. The summed E-state index contributed by atoms with van der Waals surface area (Å²) >= 11 is 12.1. The van der Waals surface area contributed by atoms with E-state index in [0.29, 0.717) is 22.8 Å². The van der Waals surface area contributed by atoms with Crippen LogP contribution < -0.4 is 11.1 Å². The van der Waals surface area contributed by atoms with Crippen LogP contribution in [0.25, 0.3) is 5.65 Å². The Hall–Kier alpha value is -1.95. The van der Waals surface area contributed by atoms with Crippen molar-refractivity contribution in [2.24, 2.45) is 0 Å². The van der Waals surface area contributed by atoms with Crippen molar-refractivity contribution < 1.29 is 4.79 Å². The summed E-state index contributed by atoms with van der Waals surface area (Å²) < 4.78 is 1.71. The second-order valence-electron chi connectivity index (χ2n) is 4.75. The number of nitrogens with two attached hydrogens (primary N) is 1. The van der Waals surface area contributed by atoms with Gasteiger partial charge >= 0.3 is 0 Å². The van der Waals surface area contributed by atoms with Crippen molar-refractivity contribution in [1.29, 1.82) is 0 Å². The van der Waals surface area contributed by atoms with E-state index in [1.165, 1.54) is 0 Å². The third-order valence-corrected chi connectivity index (χ3v) is 3.94. The van der Waals surface area contributed by atoms with E-state index in [-0.39, 0.29) is 28.0 Å². The molecule has 0 aliphatic heterocycles. The summed E-state index contributed by atoms with van der Waals surface area (Å²) in [5.74, 6) is 0.129. The largest absolute Gasteiger partial charge is 0.383 e. The number of benzene rings is 1. The van der Waals surface area contributed by atoms with Crippen molar-refractivity contribution in [1.82, 2.24) is 9.38 Å². The zero-order chi connectivity index (χ0) is 15.9. The van der Waals surface area contributed by atoms with Crippen LogP contribution in [0.15, 0.2) is 36.5 Å². The fraction of sp³-hybridized carbons (Fsp3) is 0.0667. The van der Waals surface area contributed by atoms with E-state index in [1.807, 2.05) is 0 Å². The topological polar surface area (TPSA) is 72.4 Å². The minimum Gasteiger partial charge on any atom is -0.383 e. The molecule has 0 saturated heterocycles. The van der Waals surface area contributed by atoms with Crippen LogP contribution >= 0.6 is 35.6 Å². The van der Waals surface area contributed by atoms with Crippen LogP contribution in [0.4, 0.5) is 11.5 Å². The Morgan fingerprint density at radius 3 is 2.52 bits per heavy atom. The summed E-state index contributed by atoms with van der Waals surface area (Å²) in [5.41, 5.74) is 7.96. The van der Waals surface area contributed by atoms with Crippen molar-refractivity contribution in [3.05, 3.63) is 57.8 Å². The van der Waals surface area contributed by atoms with Gasteiger partial charge in [0, 0.05) is 6.20 Å². The first-order valence-corrected chi connectivity index (χ1v) is 7.23. The quantitative estimate of drug-likeness (QED) is 0.709. The lowest BCUT2D eigenvalue weighted by Crippen LogP contribution is -2.14. The highest BCUT2D eigenvalue weighted by Gasteiger charge is 2.17. The average Bonchev–Trinajstić information content (AvgIpc) is 2.76. The van der Waals surface area contributed by atoms with Gasteiger partial charge in [-0.05, 0) is 31.2 Å². The maximum absolute atomic E-state index is 12.4. The van der Waals surface area contributed by atoms with Crippen LogP contribution in [0.3, 0.4) is 0 Å². The number of aryl methyl sites for hydroxylation is 1. The predicted molar refractivity (Wildman–Crippen MR) is 96.0 cm³/mol. The molecule has 1 aromatic carbocycles. The number of hydrogen-bond donors (Lipinski definition) is 2. The van der Waals surface area contributed by atoms with E-state index in [0.717, 1.165) is 0 Å². The molecule has 0 atom stereocenters. The highest BCUT2D eigenvalue weighted by atomic mass is 35.5. The highest BCUT2D eigenvalue weighted by molar-refractivity contribution is 6.40. The number of amides is 1. The van der Waals surface area contributed by atoms with Crippen molar-refractivity contribution in [3.8, 4) is 0 Å². The Bertz CT molecular complexity index is 872. The number of nitrogens with zero attached hydrogens (tertiary/aromatic N) is 2. The first kappa shape index (κ1) is 17.4. The van der Waals surface area contributed by atoms with E-state index in [9.17, 15) is 4.79 Å². The summed E-state index contributed by atoms with van der Waals surface area (Å²) in [6.45, 7) is 1.80. The van der Waals surface area contributed by atoms with Gasteiger partial charge in [0.2, 0.25) is 0 Å². The third-order valence-electron chi connectivity index (χ3n) is 3.31. The number of halogens is 3. The molecule has 0 saturated carbocycles. The molecule has 5 nitrogen and oxygen atoms in total. The fourth-order valence-corrected chi connectivity index (χ4v) is 2.77. The first-order chi connectivity index (χ1) is 10.5. The van der Waals surface area contributed by atoms with E-state index < -0.39 is 5.91 Å². The van der Waals surface area contributed by atoms with Gasteiger partial charge in [-0.25, -0.2) is 4.98 Å². The van der Waals surface area contributed by atoms with Crippen molar-refractivity contribution in [2.45, 2.75) is 6.92 Å². The summed E-state index contributed by atoms with van der Waals surface area (Å²) in [4.78, 5) is 16.8. The van der Waals surface area contributed by atoms with Gasteiger partial charge in [0.05, 0.1) is 27.0 Å². The Kier molecular flexibility index (Phi) is 5.04. The minimum absolute atomic E-state index is 0. The van der Waals surface area contributed by atoms with Gasteiger partial charge < -0.3 is 11.1 Å². The fourth-order valence-electron chi connectivity index (χ4n) is 2.20. The maximum Gasteiger partial charge on any atom is 0.258 e. The Balaban J connectivity index is 0.00000192. The molecule has 3 N–H and O–H groups in total. The molecule has 0 aliphatic carbocycles. The SMILES string of the molecule is Cc1nc2c(NC(=O)c3c(Cl)cccc3Cl)cccn2c1N.Cl. The average molecular weight is 372 g/mol. The van der Waals surface area contributed by atoms with E-state index in [4.69, 9.17) is 28.9 Å². The number of carbonyl (C=O) groups is 1. The van der Waals surface area contributed by atoms with Crippen LogP contribution in [-0.2, 0) is 0 Å². The third kappa shape index (κ3) is 3.08. The van der Waals surface area contributed by atoms with E-state index in [2.05, 4.69) is 10.3 Å². The number of carbonyl (C=O) groups excluding carboxylic acids is 1. The summed E-state index contributed by atoms with van der Waals surface area (Å²) in [6.07, 6.45) is 1.78. The second-order valence-corrected chi connectivity index (χ2v) is 5.56. The summed E-state index contributed by atoms with van der Waals surface area (Å²) in [7, 11) is 0. The van der Waals surface area contributed by atoms with Gasteiger partial charge in [0.1, 0.15) is 5.82 Å². The molecule has 23 heavy (non-hydrogen) atoms. The Labute approximate surface area is 148 Å². The first-order valence-electron chi connectivity index (χ1n) is 6.47. The molecule has 120 valence electrons. The summed E-state index contributed by atoms with van der Waals surface area (Å²) in [5, 5.41) is 3.35. The molecule has 1 amide bonds. The van der Waals surface area contributed by atoms with Crippen molar-refractivity contribution >= 4 is 58.7 Å². The number of rotatable bonds is 2. The number of hydrogen-bond acceptors (Lipinski definition) is 3. The molecule has 0 unspecified atom stereocenters. The number of fused-ring (bicyclic) bond motifs is 1. The van der Waals surface area contributed by atoms with Crippen molar-refractivity contribution in [2.75, 3.05) is 11.1 Å². The monoisotopic (exact) mass is 370 g/mol. The van der Waals surface area contributed by atoms with Crippen LogP contribution in [0.2, 0.25) is 10.0 Å². The molecule has 2 aromatic heterocycles. The number of nitrogen functional groups attached to an aromatic ring is 1. The zero-order valence-electron chi connectivity index (χ0n) is 12.0. The van der Waals surface area contributed by atoms with Gasteiger partial charge in [0.25, 0.3) is 5.91 Å². The lowest BCUT2D eigenvalue weighted by Gasteiger charge is -2.09. The number of imidazole rings is 1. The standard InChI is InChI=1S/C15H12Cl2N4O.ClH/c1-8-13(18)21-7-3-6-11(14(21)19-8)20-15(22)12-9(16)4-2-5-10(12)17;/h2-7H,18H2,1H3,(H,20,22);1H. The van der Waals surface area contributed by atoms with Gasteiger partial charge in [-0.3, -0.25) is 9.20 Å². The molecule has 3 aromatic rings. The van der Waals surface area contributed by atoms with Crippen LogP contribution in [0.1, 0.15) is 16.1 Å². The van der Waals surface area contributed by atoms with Crippen LogP contribution in [0, 0.1) is 6.92 Å². The zero-order valence-corrected chi connectivity index (χ0v) is 14.3. The number of nitrogens with one attached hydrogen (secondary N) is 1. The number of aromatic nitrogens is 2. The Morgan fingerprint density at radius 1 is 1.22 bits per heavy atom. The molecule has 0 radical (unpaired) electrons. The van der Waals surface area contributed by atoms with Crippen molar-refractivity contribution in [3.63, 3.8) is 0 Å². The van der Waals surface area contributed by atoms with Gasteiger partial charge in [-0.15, -0.1) is 12.4 Å². The molecule has 3 rings (SSSR count). The normalized spacial score (nSPS) is 10.4. The maximum atomic E-state index is 12.4. The second kappa shape index (κ2) is 6.66. The summed E-state index contributed by atoms with van der Waals surface area (Å²) in [6, 6.07) is 8.42.